The monoisotopic (exact) mass is 417 g/mol. The molecule has 3 rings (SSSR count). The van der Waals surface area contributed by atoms with E-state index in [1.165, 1.54) is 31.4 Å². The fourth-order valence-electron chi connectivity index (χ4n) is 2.53. The minimum Gasteiger partial charge on any atom is -0.394 e. The Morgan fingerprint density at radius 3 is 2.57 bits per heavy atom. The molecule has 1 aromatic carbocycles. The van der Waals surface area contributed by atoms with Crippen LogP contribution in [0, 0.1) is 5.82 Å². The van der Waals surface area contributed by atoms with Crippen LogP contribution < -0.4 is 11.1 Å². The van der Waals surface area contributed by atoms with Crippen LogP contribution >= 0.6 is 0 Å². The number of pyridine rings is 1. The average Bonchev–Trinajstić information content (AvgIpc) is 2.71. The summed E-state index contributed by atoms with van der Waals surface area (Å²) in [4.78, 5) is 33.1. The molecule has 1 aliphatic rings. The van der Waals surface area contributed by atoms with E-state index in [2.05, 4.69) is 15.3 Å². The van der Waals surface area contributed by atoms with Gasteiger partial charge in [0, 0.05) is 30.6 Å². The minimum absolute atomic E-state index is 0.0549. The number of nitrogens with one attached hydrogen (secondary N) is 1. The molecular weight excluding hydrogens is 393 g/mol. The fraction of sp³-hybridized carbons (Fsp3) is 0.300. The molecule has 160 valence electrons. The van der Waals surface area contributed by atoms with E-state index in [1.54, 1.807) is 26.0 Å². The van der Waals surface area contributed by atoms with Gasteiger partial charge in [0.2, 0.25) is 0 Å². The molecule has 5 N–H and O–H groups in total. The van der Waals surface area contributed by atoms with E-state index in [4.69, 9.17) is 10.8 Å². The number of likely N-dealkylation sites (N-methyl/N-ethyl adjacent to an activating group) is 1. The van der Waals surface area contributed by atoms with Gasteiger partial charge in [-0.05, 0) is 44.2 Å². The number of aliphatic imine (C=N–C) groups is 1. The highest BCUT2D eigenvalue weighted by atomic mass is 19.1. The zero-order valence-electron chi connectivity index (χ0n) is 16.8. The van der Waals surface area contributed by atoms with Crippen molar-refractivity contribution in [1.82, 2.24) is 9.88 Å². The number of halogens is 1. The Morgan fingerprint density at radius 2 is 1.97 bits per heavy atom. The fourth-order valence-corrected chi connectivity index (χ4v) is 2.53. The lowest BCUT2D eigenvalue weighted by atomic mass is 9.98. The van der Waals surface area contributed by atoms with Gasteiger partial charge in [0.05, 0.1) is 0 Å². The number of carbonyl (C=O) groups is 2. The lowest BCUT2D eigenvalue weighted by Gasteiger charge is -2.30. The van der Waals surface area contributed by atoms with Gasteiger partial charge < -0.3 is 21.3 Å². The maximum Gasteiger partial charge on any atom is 0.274 e. The van der Waals surface area contributed by atoms with Crippen molar-refractivity contribution in [1.29, 1.82) is 0 Å². The molecule has 1 aliphatic heterocycles. The van der Waals surface area contributed by atoms with Crippen molar-refractivity contribution in [2.24, 2.45) is 10.7 Å². The molecule has 9 nitrogen and oxygen atoms in total. The molecular formula is C20H24FN5O4. The Morgan fingerprint density at radius 1 is 1.30 bits per heavy atom. The number of hydrogen-bond acceptors (Lipinski definition) is 7. The normalized spacial score (nSPS) is 18.4. The molecule has 1 aromatic heterocycles. The van der Waals surface area contributed by atoms with Crippen LogP contribution in [0.25, 0.3) is 0 Å². The van der Waals surface area contributed by atoms with Crippen LogP contribution in [0.3, 0.4) is 0 Å². The molecule has 2 atom stereocenters. The van der Waals surface area contributed by atoms with Crippen molar-refractivity contribution in [2.75, 3.05) is 12.4 Å². The number of guanidine groups is 1. The van der Waals surface area contributed by atoms with E-state index in [1.807, 2.05) is 0 Å². The van der Waals surface area contributed by atoms with E-state index in [0.717, 1.165) is 11.0 Å². The summed E-state index contributed by atoms with van der Waals surface area (Å²) in [6.07, 6.45) is -0.272. The third-order valence-electron chi connectivity index (χ3n) is 3.97. The molecule has 0 aliphatic carbocycles. The third-order valence-corrected chi connectivity index (χ3v) is 3.97. The molecule has 2 aromatic rings. The molecule has 0 fully saturated rings. The first-order valence-electron chi connectivity index (χ1n) is 9.10. The average molecular weight is 417 g/mol. The van der Waals surface area contributed by atoms with Gasteiger partial charge >= 0.3 is 0 Å². The highest BCUT2D eigenvalue weighted by Gasteiger charge is 2.37. The van der Waals surface area contributed by atoms with Gasteiger partial charge in [-0.15, -0.1) is 0 Å². The number of hydrogen-bond donors (Lipinski definition) is 4. The Hall–Kier alpha value is -3.37. The predicted octanol–water partition coefficient (Wildman–Crippen LogP) is 1.05. The lowest BCUT2D eigenvalue weighted by Crippen LogP contribution is -2.50. The molecule has 0 saturated carbocycles. The summed E-state index contributed by atoms with van der Waals surface area (Å²) < 4.78 is 14.3. The van der Waals surface area contributed by atoms with E-state index in [0.29, 0.717) is 0 Å². The zero-order valence-corrected chi connectivity index (χ0v) is 16.8. The van der Waals surface area contributed by atoms with Crippen molar-refractivity contribution in [3.63, 3.8) is 0 Å². The highest BCUT2D eigenvalue weighted by molar-refractivity contribution is 6.03. The van der Waals surface area contributed by atoms with E-state index >= 15 is 0 Å². The maximum absolute atomic E-state index is 14.3. The van der Waals surface area contributed by atoms with E-state index in [-0.39, 0.29) is 29.0 Å². The van der Waals surface area contributed by atoms with Gasteiger partial charge in [-0.25, -0.2) is 9.38 Å². The largest absolute Gasteiger partial charge is 0.394 e. The van der Waals surface area contributed by atoms with Crippen molar-refractivity contribution in [3.05, 3.63) is 59.7 Å². The summed E-state index contributed by atoms with van der Waals surface area (Å²) in [5.41, 5.74) is 6.05. The van der Waals surface area contributed by atoms with Crippen LogP contribution in [0.1, 0.15) is 35.9 Å². The summed E-state index contributed by atoms with van der Waals surface area (Å²) in [5.74, 6) is -1.98. The summed E-state index contributed by atoms with van der Waals surface area (Å²) in [5, 5.41) is 20.8. The Labute approximate surface area is 173 Å². The molecule has 0 saturated heterocycles. The lowest BCUT2D eigenvalue weighted by molar-refractivity contribution is -0.137. The number of carbonyl (C=O) groups excluding carboxylic acids is 2. The Balaban J connectivity index is 0.000000735. The van der Waals surface area contributed by atoms with Crippen LogP contribution in [-0.2, 0) is 4.79 Å². The zero-order chi connectivity index (χ0) is 22.4. The first kappa shape index (κ1) is 22.9. The number of aliphatic hydroxyl groups is 2. The second-order valence-corrected chi connectivity index (χ2v) is 6.77. The summed E-state index contributed by atoms with van der Waals surface area (Å²) >= 11 is 0. The number of rotatable bonds is 3. The van der Waals surface area contributed by atoms with Gasteiger partial charge in [0.25, 0.3) is 11.8 Å². The van der Waals surface area contributed by atoms with E-state index in [9.17, 15) is 19.1 Å². The number of nitrogens with two attached hydrogens (primary N) is 1. The molecule has 0 spiro atoms. The number of nitrogens with zero attached hydrogens (tertiary/aromatic N) is 3. The first-order valence-corrected chi connectivity index (χ1v) is 9.10. The van der Waals surface area contributed by atoms with Crippen LogP contribution in [0.5, 0.6) is 0 Å². The van der Waals surface area contributed by atoms with Gasteiger partial charge in [-0.1, -0.05) is 6.07 Å². The van der Waals surface area contributed by atoms with Crippen LogP contribution in [-0.4, -0.2) is 57.1 Å². The minimum atomic E-state index is -1.58. The smallest absolute Gasteiger partial charge is 0.274 e. The SMILES string of the molecule is CC(C)O.CN1C(=O)C(O)C(c2cc(NC(=O)c3ccccn3)ccc2F)N=C1N. The number of benzene rings is 1. The van der Waals surface area contributed by atoms with Gasteiger partial charge in [0.15, 0.2) is 12.1 Å². The quantitative estimate of drug-likeness (QED) is 0.588. The predicted molar refractivity (Wildman–Crippen MR) is 109 cm³/mol. The molecule has 2 unspecified atom stereocenters. The van der Waals surface area contributed by atoms with Crippen molar-refractivity contribution < 1.29 is 24.2 Å². The first-order chi connectivity index (χ1) is 14.1. The number of aliphatic hydroxyl groups excluding tert-OH is 2. The van der Waals surface area contributed by atoms with Gasteiger partial charge in [-0.2, -0.15) is 0 Å². The molecule has 10 heteroatoms. The van der Waals surface area contributed by atoms with Crippen LogP contribution in [0.15, 0.2) is 47.6 Å². The van der Waals surface area contributed by atoms with Gasteiger partial charge in [0.1, 0.15) is 17.6 Å². The van der Waals surface area contributed by atoms with Crippen molar-refractivity contribution in [2.45, 2.75) is 32.1 Å². The second-order valence-electron chi connectivity index (χ2n) is 6.77. The van der Waals surface area contributed by atoms with E-state index < -0.39 is 29.8 Å². The maximum atomic E-state index is 14.3. The van der Waals surface area contributed by atoms with Crippen molar-refractivity contribution >= 4 is 23.5 Å². The Bertz CT molecular complexity index is 933. The molecule has 30 heavy (non-hydrogen) atoms. The molecule has 2 heterocycles. The summed E-state index contributed by atoms with van der Waals surface area (Å²) in [6.45, 7) is 3.44. The van der Waals surface area contributed by atoms with Crippen molar-refractivity contribution in [3.8, 4) is 0 Å². The summed E-state index contributed by atoms with van der Waals surface area (Å²) in [7, 11) is 1.36. The van der Waals surface area contributed by atoms with Crippen LogP contribution in [0.4, 0.5) is 10.1 Å². The third kappa shape index (κ3) is 5.58. The number of anilines is 1. The standard InChI is InChI=1S/C17H16FN5O3.C3H8O/c1-23-16(26)14(24)13(22-17(23)19)10-8-9(5-6-11(10)18)21-15(25)12-4-2-3-7-20-12;1-3(2)4/h2-8,13-14,24H,1H3,(H2,19,22)(H,21,25);3-4H,1-2H3. The molecule has 0 radical (unpaired) electrons. The molecule has 0 bridgehead atoms. The number of aromatic nitrogens is 1. The van der Waals surface area contributed by atoms with Crippen LogP contribution in [0.2, 0.25) is 0 Å². The number of amides is 2. The highest BCUT2D eigenvalue weighted by Crippen LogP contribution is 2.30. The Kier molecular flexibility index (Phi) is 7.56. The molecule has 2 amide bonds. The summed E-state index contributed by atoms with van der Waals surface area (Å²) in [6, 6.07) is 7.44. The topological polar surface area (TPSA) is 141 Å². The van der Waals surface area contributed by atoms with Gasteiger partial charge in [-0.3, -0.25) is 19.5 Å². The second kappa shape index (κ2) is 9.90.